The first-order valence-electron chi connectivity index (χ1n) is 42.3. The Bertz CT molecular complexity index is 4170. The van der Waals surface area contributed by atoms with Crippen molar-refractivity contribution in [1.82, 2.24) is 30.9 Å². The molecule has 0 spiro atoms. The van der Waals surface area contributed by atoms with Gasteiger partial charge < -0.3 is 74.7 Å². The van der Waals surface area contributed by atoms with E-state index in [0.717, 1.165) is 113 Å². The van der Waals surface area contributed by atoms with E-state index in [1.165, 1.54) is 114 Å². The molecule has 6 aromatic carbocycles. The monoisotopic (exact) mass is 1680 g/mol. The number of rotatable bonds is 53. The molecule has 0 radical (unpaired) electrons. The number of aliphatic hydroxyl groups excluding tert-OH is 2. The number of aliphatic hydroxyl groups is 2. The minimum atomic E-state index is -4.66. The number of amides is 3. The van der Waals surface area contributed by atoms with Crippen LogP contribution in [0, 0.1) is 0 Å². The molecule has 0 aliphatic carbocycles. The first-order chi connectivity index (χ1) is 56.9. The number of nitrogens with zero attached hydrogens (tertiary/aromatic N) is 1. The summed E-state index contributed by atoms with van der Waals surface area (Å²) >= 11 is 1.47. The molecular weight excluding hydrogens is 1560 g/mol. The topological polar surface area (TPSA) is 343 Å². The molecule has 0 fully saturated rings. The number of nitrogens with one attached hydrogen (secondary N) is 5. The first kappa shape index (κ1) is 96.6. The van der Waals surface area contributed by atoms with Gasteiger partial charge in [0.1, 0.15) is 22.8 Å². The van der Waals surface area contributed by atoms with Gasteiger partial charge in [0, 0.05) is 46.8 Å². The summed E-state index contributed by atoms with van der Waals surface area (Å²) in [6, 6.07) is 47.8. The van der Waals surface area contributed by atoms with Gasteiger partial charge in [-0.25, -0.2) is 18.9 Å². The Morgan fingerprint density at radius 2 is 0.847 bits per heavy atom. The van der Waals surface area contributed by atoms with Crippen LogP contribution >= 0.6 is 27.0 Å². The van der Waals surface area contributed by atoms with Crippen LogP contribution < -0.4 is 30.2 Å². The van der Waals surface area contributed by atoms with Crippen molar-refractivity contribution in [3.8, 4) is 34.2 Å². The molecule has 11 N–H and O–H groups in total. The van der Waals surface area contributed by atoms with Gasteiger partial charge in [-0.05, 0) is 182 Å². The molecule has 9 rings (SSSR count). The quantitative estimate of drug-likeness (QED) is 0.00958. The molecule has 0 saturated carbocycles. The summed E-state index contributed by atoms with van der Waals surface area (Å²) in [6.07, 6.45) is 40.3. The average molecular weight is 1680 g/mol. The van der Waals surface area contributed by atoms with Gasteiger partial charge in [0.2, 0.25) is 11.8 Å². The number of carbonyl (C=O) groups is 3. The number of fused-ring (bicyclic) bond motifs is 3. The van der Waals surface area contributed by atoms with Crippen LogP contribution in [0.25, 0.3) is 32.0 Å². The number of hydrogen-bond donors (Lipinski definition) is 11. The third-order valence-electron chi connectivity index (χ3n) is 19.4. The number of unbranched alkanes of at least 4 members (excludes halogenated alkanes) is 22. The molecule has 3 heterocycles. The van der Waals surface area contributed by atoms with E-state index in [1.54, 1.807) is 32.9 Å². The molecule has 644 valence electrons. The number of carbonyl (C=O) groups excluding carboxylic acids is 3. The third-order valence-corrected chi connectivity index (χ3v) is 21.3. The normalized spacial score (nSPS) is 12.9. The molecule has 0 saturated heterocycles. The number of hydrogen-bond acceptors (Lipinski definition) is 15. The van der Waals surface area contributed by atoms with Crippen molar-refractivity contribution in [2.45, 2.75) is 263 Å². The van der Waals surface area contributed by atoms with Crippen molar-refractivity contribution < 1.29 is 81.3 Å². The molecule has 9 aromatic rings. The smallest absolute Gasteiger partial charge is 0.444 e. The zero-order chi connectivity index (χ0) is 84.6. The largest absolute Gasteiger partial charge is 0.469 e. The fourth-order valence-corrected chi connectivity index (χ4v) is 14.8. The Labute approximate surface area is 701 Å². The fourth-order valence-electron chi connectivity index (χ4n) is 13.2. The van der Waals surface area contributed by atoms with E-state index in [0.29, 0.717) is 66.3 Å². The second-order valence-electron chi connectivity index (χ2n) is 31.0. The van der Waals surface area contributed by atoms with Crippen molar-refractivity contribution >= 4 is 76.9 Å². The molecule has 4 atom stereocenters. The summed E-state index contributed by atoms with van der Waals surface area (Å²) in [5.41, 5.74) is 4.85. The van der Waals surface area contributed by atoms with E-state index in [9.17, 15) is 53.3 Å². The SMILES string of the molecule is CC(C)(C)OC(=O)N[C@H](Cc1ccc(Oc2nc3ccccc3s2)cc1)C(O)CO.CCCCCCCC/C=C\CCCCCCCC(=O)N[C@@H](COP(=O)(O)O)Cc1ccc(Oc2cc3ccccc3[nH]2)cc1.CCCCCCCC/C=C\CCCCCCCC(=O)N[C@H](COP(=O)(O)O)Cc1ccc(Oc2cc3ccccc3[nH]2)cc1. The number of aromatic amines is 2. The van der Waals surface area contributed by atoms with Crippen molar-refractivity contribution in [3.05, 3.63) is 199 Å². The Morgan fingerprint density at radius 3 is 1.24 bits per heavy atom. The van der Waals surface area contributed by atoms with Gasteiger partial charge in [0.05, 0.1) is 54.3 Å². The Morgan fingerprint density at radius 1 is 0.475 bits per heavy atom. The van der Waals surface area contributed by atoms with Crippen molar-refractivity contribution in [1.29, 1.82) is 0 Å². The molecular formula is C92H128N6O17P2S. The van der Waals surface area contributed by atoms with Crippen LogP contribution in [-0.2, 0) is 51.8 Å². The van der Waals surface area contributed by atoms with Crippen molar-refractivity contribution in [2.75, 3.05) is 19.8 Å². The van der Waals surface area contributed by atoms with Gasteiger partial charge in [-0.3, -0.25) is 18.6 Å². The number of alkyl carbamates (subject to hydrolysis) is 1. The number of phosphoric ester groups is 2. The highest BCUT2D eigenvalue weighted by molar-refractivity contribution is 7.46. The highest BCUT2D eigenvalue weighted by Crippen LogP contribution is 2.38. The lowest BCUT2D eigenvalue weighted by molar-refractivity contribution is -0.123. The lowest BCUT2D eigenvalue weighted by Gasteiger charge is -2.26. The molecule has 3 amide bonds. The minimum Gasteiger partial charge on any atom is -0.444 e. The maximum atomic E-state index is 12.6. The van der Waals surface area contributed by atoms with E-state index in [4.69, 9.17) is 28.0 Å². The standard InChI is InChI=1S/2C35H51N2O6P.C22H26N2O5S/c2*1-2-3-4-5-6-7-8-9-10-11-12-13-14-15-16-21-34(38)36-31(28-42-44(39,40)41)26-29-22-24-32(25-23-29)43-35-27-30-19-17-18-20-33(30)37-35;1-22(2,3)29-20(27)23-17(18(26)13-25)12-14-8-10-15(11-9-14)28-21-24-16-6-4-5-7-19(16)30-21/h2*9-10,17-20,22-25,27,31,37H,2-8,11-16,21,26,28H2,1H3,(H,36,38)(H2,39,40,41);4-11,17-18,25-26H,12-13H2,1-3H3,(H,23,27)/b2*10-9-;/t2*31-;17-,18?/m101/s1. The molecule has 26 heteroatoms. The second kappa shape index (κ2) is 53.9. The highest BCUT2D eigenvalue weighted by atomic mass is 32.1. The third kappa shape index (κ3) is 41.5. The van der Waals surface area contributed by atoms with Crippen LogP contribution in [0.3, 0.4) is 0 Å². The lowest BCUT2D eigenvalue weighted by atomic mass is 10.0. The van der Waals surface area contributed by atoms with E-state index in [1.807, 2.05) is 146 Å². The van der Waals surface area contributed by atoms with E-state index in [-0.39, 0.29) is 25.0 Å². The highest BCUT2D eigenvalue weighted by Gasteiger charge is 2.26. The number of para-hydroxylation sites is 3. The van der Waals surface area contributed by atoms with Crippen LogP contribution in [0.15, 0.2) is 182 Å². The maximum absolute atomic E-state index is 12.6. The molecule has 118 heavy (non-hydrogen) atoms. The van der Waals surface area contributed by atoms with E-state index < -0.39 is 58.2 Å². The van der Waals surface area contributed by atoms with Crippen molar-refractivity contribution in [2.24, 2.45) is 0 Å². The average Bonchev–Trinajstić information content (AvgIpc) is 1.65. The first-order valence-corrected chi connectivity index (χ1v) is 46.1. The molecule has 23 nitrogen and oxygen atoms in total. The zero-order valence-electron chi connectivity index (χ0n) is 69.6. The number of aromatic nitrogens is 3. The molecule has 0 aliphatic heterocycles. The minimum absolute atomic E-state index is 0.138. The van der Waals surface area contributed by atoms with E-state index >= 15 is 0 Å². The van der Waals surface area contributed by atoms with Crippen LogP contribution in [0.1, 0.15) is 231 Å². The summed E-state index contributed by atoms with van der Waals surface area (Å²) in [6.45, 7) is 8.73. The van der Waals surface area contributed by atoms with Gasteiger partial charge in [-0.2, -0.15) is 0 Å². The number of benzene rings is 6. The molecule has 3 aromatic heterocycles. The van der Waals surface area contributed by atoms with Crippen molar-refractivity contribution in [3.63, 3.8) is 0 Å². The second-order valence-corrected chi connectivity index (χ2v) is 34.5. The van der Waals surface area contributed by atoms with Gasteiger partial charge in [-0.1, -0.05) is 237 Å². The Balaban J connectivity index is 0.000000249. The summed E-state index contributed by atoms with van der Waals surface area (Å²) in [4.78, 5) is 85.0. The predicted molar refractivity (Wildman–Crippen MR) is 472 cm³/mol. The van der Waals surface area contributed by atoms with Gasteiger partial charge >= 0.3 is 21.7 Å². The summed E-state index contributed by atoms with van der Waals surface area (Å²) in [5, 5.41) is 30.5. The number of phosphoric acid groups is 2. The fraction of sp³-hybridized carbons (Fsp3) is 0.478. The molecule has 0 aliphatic rings. The van der Waals surface area contributed by atoms with E-state index in [2.05, 4.69) is 69.1 Å². The lowest BCUT2D eigenvalue weighted by Crippen LogP contribution is -2.48. The Hall–Kier alpha value is -8.48. The summed E-state index contributed by atoms with van der Waals surface area (Å²) < 4.78 is 56.2. The molecule has 1 unspecified atom stereocenters. The number of ether oxygens (including phenoxy) is 4. The summed E-state index contributed by atoms with van der Waals surface area (Å²) in [7, 11) is -9.32. The van der Waals surface area contributed by atoms with Gasteiger partial charge in [0.25, 0.3) is 5.19 Å². The van der Waals surface area contributed by atoms with Gasteiger partial charge in [0.15, 0.2) is 11.8 Å². The maximum Gasteiger partial charge on any atom is 0.469 e. The molecule has 0 bridgehead atoms. The van der Waals surface area contributed by atoms with Crippen LogP contribution in [0.5, 0.6) is 34.2 Å². The number of thiazole rings is 1. The van der Waals surface area contributed by atoms with Gasteiger partial charge in [-0.15, -0.1) is 0 Å². The summed E-state index contributed by atoms with van der Waals surface area (Å²) in [5.74, 6) is 2.93. The van der Waals surface area contributed by atoms with Crippen LogP contribution in [0.2, 0.25) is 0 Å². The number of H-pyrrole nitrogens is 2. The van der Waals surface area contributed by atoms with Crippen LogP contribution in [0.4, 0.5) is 4.79 Å². The van der Waals surface area contributed by atoms with Crippen LogP contribution in [-0.4, -0.2) is 112 Å². The predicted octanol–water partition coefficient (Wildman–Crippen LogP) is 22.1. The number of allylic oxidation sites excluding steroid dienone is 4. The Kier molecular flexibility index (Phi) is 44.2. The zero-order valence-corrected chi connectivity index (χ0v) is 72.2.